The average molecular weight is 777 g/mol. The molecule has 0 radical (unpaired) electrons. The van der Waals surface area contributed by atoms with Crippen molar-refractivity contribution >= 4 is 23.9 Å². The normalized spacial score (nSPS) is 13.7. The fourth-order valence-corrected chi connectivity index (χ4v) is 6.26. The van der Waals surface area contributed by atoms with Crippen molar-refractivity contribution in [2.45, 2.75) is 54.1 Å². The number of carbonyl (C=O) groups excluding carboxylic acids is 4. The highest BCUT2D eigenvalue weighted by molar-refractivity contribution is 5.99. The van der Waals surface area contributed by atoms with Crippen LogP contribution >= 0.6 is 0 Å². The smallest absolute Gasteiger partial charge is 0.342 e. The van der Waals surface area contributed by atoms with Crippen LogP contribution in [0.1, 0.15) is 85.9 Å². The number of benzene rings is 4. The van der Waals surface area contributed by atoms with Gasteiger partial charge in [0.05, 0.1) is 28.4 Å². The van der Waals surface area contributed by atoms with Gasteiger partial charge in [0, 0.05) is 44.5 Å². The topological polar surface area (TPSA) is 223 Å². The number of phenols is 4. The lowest BCUT2D eigenvalue weighted by molar-refractivity contribution is 0.0523. The number of hydrogen-bond acceptors (Lipinski definition) is 16. The fourth-order valence-electron chi connectivity index (χ4n) is 6.26. The van der Waals surface area contributed by atoms with Crippen molar-refractivity contribution in [2.24, 2.45) is 0 Å². The van der Waals surface area contributed by atoms with E-state index in [2.05, 4.69) is 0 Å². The maximum absolute atomic E-state index is 11.2. The molecule has 0 spiro atoms. The summed E-state index contributed by atoms with van der Waals surface area (Å²) in [5.41, 5.74) is 6.01. The van der Waals surface area contributed by atoms with Gasteiger partial charge < -0.3 is 58.3 Å². The Kier molecular flexibility index (Phi) is 11.7. The second kappa shape index (κ2) is 16.3. The van der Waals surface area contributed by atoms with Gasteiger partial charge in [-0.25, -0.2) is 19.2 Å². The van der Waals surface area contributed by atoms with Crippen molar-refractivity contribution in [2.75, 3.05) is 28.4 Å². The molecule has 0 aliphatic carbocycles. The first-order chi connectivity index (χ1) is 26.6. The maximum Gasteiger partial charge on any atom is 0.342 e. The molecule has 4 heterocycles. The number of rotatable bonds is 4. The van der Waals surface area contributed by atoms with Gasteiger partial charge in [0.25, 0.3) is 0 Å². The molecule has 0 aromatic heterocycles. The first-order valence-electron chi connectivity index (χ1n) is 16.9. The zero-order valence-electron chi connectivity index (χ0n) is 31.8. The highest BCUT2D eigenvalue weighted by atomic mass is 16.6. The lowest BCUT2D eigenvalue weighted by atomic mass is 10.0. The van der Waals surface area contributed by atoms with Gasteiger partial charge in [0.15, 0.2) is 0 Å². The predicted octanol–water partition coefficient (Wildman–Crippen LogP) is 5.52. The van der Waals surface area contributed by atoms with E-state index in [4.69, 9.17) is 37.9 Å². The number of phenolic OH excluding ortho intramolecular Hbond substituents is 4. The highest BCUT2D eigenvalue weighted by Gasteiger charge is 2.31. The molecule has 0 unspecified atom stereocenters. The van der Waals surface area contributed by atoms with Crippen molar-refractivity contribution in [1.29, 1.82) is 0 Å². The summed E-state index contributed by atoms with van der Waals surface area (Å²) in [6, 6.07) is 6.87. The lowest BCUT2D eigenvalue weighted by Gasteiger charge is -2.08. The average Bonchev–Trinajstić information content (AvgIpc) is 3.97. The minimum Gasteiger partial charge on any atom is -0.507 e. The highest BCUT2D eigenvalue weighted by Crippen LogP contribution is 2.40. The minimum absolute atomic E-state index is 0.0400. The van der Waals surface area contributed by atoms with E-state index in [1.807, 2.05) is 0 Å². The Bertz CT molecular complexity index is 1950. The first-order valence-corrected chi connectivity index (χ1v) is 16.9. The van der Waals surface area contributed by atoms with Crippen molar-refractivity contribution in [1.82, 2.24) is 0 Å². The number of fused-ring (bicyclic) bond motifs is 4. The van der Waals surface area contributed by atoms with E-state index >= 15 is 0 Å². The molecule has 4 aromatic rings. The van der Waals surface area contributed by atoms with E-state index in [0.717, 1.165) is 0 Å². The van der Waals surface area contributed by atoms with Gasteiger partial charge >= 0.3 is 23.9 Å². The molecular formula is C40H40O16. The molecule has 4 aliphatic rings. The Morgan fingerprint density at radius 1 is 0.393 bits per heavy atom. The monoisotopic (exact) mass is 776 g/mol. The molecular weight excluding hydrogens is 736 g/mol. The molecule has 16 nitrogen and oxygen atoms in total. The Balaban J connectivity index is 0.000000143. The zero-order chi connectivity index (χ0) is 41.2. The number of cyclic esters (lactones) is 4. The van der Waals surface area contributed by atoms with Crippen molar-refractivity contribution < 1.29 is 77.5 Å². The third kappa shape index (κ3) is 7.32. The Labute approximate surface area is 320 Å². The van der Waals surface area contributed by atoms with Crippen LogP contribution in [0.4, 0.5) is 0 Å². The third-order valence-electron chi connectivity index (χ3n) is 9.48. The van der Waals surface area contributed by atoms with E-state index in [1.54, 1.807) is 52.0 Å². The quantitative estimate of drug-likeness (QED) is 0.148. The molecule has 4 aliphatic heterocycles. The third-order valence-corrected chi connectivity index (χ3v) is 9.48. The number of aromatic hydroxyl groups is 4. The van der Waals surface area contributed by atoms with Gasteiger partial charge in [-0.1, -0.05) is 0 Å². The molecule has 4 N–H and O–H groups in total. The first kappa shape index (κ1) is 40.3. The molecule has 0 saturated heterocycles. The lowest BCUT2D eigenvalue weighted by Crippen LogP contribution is -1.97. The van der Waals surface area contributed by atoms with Gasteiger partial charge in [-0.3, -0.25) is 0 Å². The molecule has 0 atom stereocenters. The Hall–Kier alpha value is -6.84. The molecule has 0 saturated carbocycles. The second-order valence-electron chi connectivity index (χ2n) is 12.7. The second-order valence-corrected chi connectivity index (χ2v) is 12.7. The van der Waals surface area contributed by atoms with Gasteiger partial charge in [0.2, 0.25) is 0 Å². The molecule has 16 heteroatoms. The molecule has 0 fully saturated rings. The number of esters is 4. The minimum atomic E-state index is -0.469. The number of methoxy groups -OCH3 is 4. The van der Waals surface area contributed by atoms with E-state index in [9.17, 15) is 39.6 Å². The van der Waals surface area contributed by atoms with Crippen LogP contribution in [-0.4, -0.2) is 72.7 Å². The van der Waals surface area contributed by atoms with E-state index < -0.39 is 23.9 Å². The van der Waals surface area contributed by atoms with Crippen LogP contribution in [-0.2, 0) is 45.4 Å². The van der Waals surface area contributed by atoms with E-state index in [0.29, 0.717) is 67.5 Å². The van der Waals surface area contributed by atoms with E-state index in [1.165, 1.54) is 28.4 Å². The number of carbonyl (C=O) groups is 4. The zero-order valence-corrected chi connectivity index (χ0v) is 31.8. The standard InChI is InChI=1S/4C10H10O4/c4*1-5-7(13-2)3-6-4-14-10(12)8(6)9(5)11/h4*3,11H,4H2,1-2H3. The van der Waals surface area contributed by atoms with E-state index in [-0.39, 0.29) is 71.7 Å². The van der Waals surface area contributed by atoms with Gasteiger partial charge in [-0.2, -0.15) is 0 Å². The predicted molar refractivity (Wildman–Crippen MR) is 194 cm³/mol. The van der Waals surface area contributed by atoms with Gasteiger partial charge in [0.1, 0.15) is 94.7 Å². The van der Waals surface area contributed by atoms with Crippen LogP contribution in [0.2, 0.25) is 0 Å². The van der Waals surface area contributed by atoms with Crippen LogP contribution in [0.25, 0.3) is 0 Å². The van der Waals surface area contributed by atoms with Crippen LogP contribution < -0.4 is 18.9 Å². The number of hydrogen-bond donors (Lipinski definition) is 4. The van der Waals surface area contributed by atoms with Crippen molar-refractivity contribution in [3.05, 3.63) is 91.0 Å². The summed E-state index contributed by atoms with van der Waals surface area (Å²) < 4.78 is 39.5. The molecule has 296 valence electrons. The maximum atomic E-state index is 11.2. The SMILES string of the molecule is COc1cc2c(c(O)c1C)C(=O)OC2.COc1cc2c(c(O)c1C)C(=O)OC2.COc1cc2c(c(O)c1C)C(=O)OC2.COc1cc2c(c(O)c1C)C(=O)OC2. The molecule has 8 rings (SSSR count). The molecule has 0 amide bonds. The van der Waals surface area contributed by atoms with Crippen LogP contribution in [0, 0.1) is 27.7 Å². The Morgan fingerprint density at radius 2 is 0.571 bits per heavy atom. The number of ether oxygens (including phenoxy) is 8. The van der Waals surface area contributed by atoms with Crippen molar-refractivity contribution in [3.63, 3.8) is 0 Å². The summed E-state index contributed by atoms with van der Waals surface area (Å²) in [6.45, 7) is 7.60. The molecule has 0 bridgehead atoms. The van der Waals surface area contributed by atoms with Crippen molar-refractivity contribution in [3.8, 4) is 46.0 Å². The summed E-state index contributed by atoms with van der Waals surface area (Å²) >= 11 is 0. The summed E-state index contributed by atoms with van der Waals surface area (Å²) in [4.78, 5) is 44.9. The molecule has 4 aromatic carbocycles. The Morgan fingerprint density at radius 3 is 0.732 bits per heavy atom. The molecule has 56 heavy (non-hydrogen) atoms. The largest absolute Gasteiger partial charge is 0.507 e. The summed E-state index contributed by atoms with van der Waals surface area (Å²) in [5, 5.41) is 38.9. The van der Waals surface area contributed by atoms with Crippen LogP contribution in [0.15, 0.2) is 24.3 Å². The summed E-state index contributed by atoms with van der Waals surface area (Å²) in [6.07, 6.45) is 0. The fraction of sp³-hybridized carbons (Fsp3) is 0.300. The van der Waals surface area contributed by atoms with Gasteiger partial charge in [-0.05, 0) is 52.0 Å². The van der Waals surface area contributed by atoms with Crippen LogP contribution in [0.5, 0.6) is 46.0 Å². The van der Waals surface area contributed by atoms with Gasteiger partial charge in [-0.15, -0.1) is 0 Å². The summed E-state index contributed by atoms with van der Waals surface area (Å²) in [7, 11) is 6.08. The summed E-state index contributed by atoms with van der Waals surface area (Å²) in [5.74, 6) is 0.239. The van der Waals surface area contributed by atoms with Crippen LogP contribution in [0.3, 0.4) is 0 Å².